The van der Waals surface area contributed by atoms with E-state index >= 15 is 0 Å². The summed E-state index contributed by atoms with van der Waals surface area (Å²) in [5, 5.41) is 1.27. The second-order valence-electron chi connectivity index (χ2n) is 9.76. The molecule has 6 rings (SSSR count). The van der Waals surface area contributed by atoms with Crippen LogP contribution in [0, 0.1) is 12.8 Å². The molecule has 2 heterocycles. The fourth-order valence-corrected chi connectivity index (χ4v) is 6.58. The summed E-state index contributed by atoms with van der Waals surface area (Å²) < 4.78 is 2.34. The Morgan fingerprint density at radius 3 is 2.06 bits per heavy atom. The average Bonchev–Trinajstić information content (AvgIpc) is 3.35. The first-order chi connectivity index (χ1) is 17.7. The highest BCUT2D eigenvalue weighted by atomic mass is 32.2. The fourth-order valence-electron chi connectivity index (χ4n) is 5.52. The van der Waals surface area contributed by atoms with Gasteiger partial charge in [-0.1, -0.05) is 80.9 Å². The smallest absolute Gasteiger partial charge is 0.0601 e. The third-order valence-corrected chi connectivity index (χ3v) is 8.76. The molecule has 0 unspecified atom stereocenters. The number of benzene rings is 4. The molecule has 2 nitrogen and oxygen atoms in total. The van der Waals surface area contributed by atoms with Crippen LogP contribution in [0.1, 0.15) is 37.8 Å². The van der Waals surface area contributed by atoms with Crippen LogP contribution in [0.5, 0.6) is 0 Å². The van der Waals surface area contributed by atoms with Gasteiger partial charge in [-0.05, 0) is 84.3 Å². The number of para-hydroxylation sites is 3. The van der Waals surface area contributed by atoms with E-state index in [1.165, 1.54) is 67.4 Å². The topological polar surface area (TPSA) is 8.17 Å². The van der Waals surface area contributed by atoms with E-state index < -0.39 is 0 Å². The summed E-state index contributed by atoms with van der Waals surface area (Å²) in [4.78, 5) is 5.12. The molecular weight excluding hydrogens is 456 g/mol. The number of aromatic nitrogens is 1. The highest BCUT2D eigenvalue weighted by Crippen LogP contribution is 2.52. The Labute approximate surface area is 218 Å². The molecule has 0 N–H and O–H groups in total. The zero-order valence-corrected chi connectivity index (χ0v) is 22.1. The summed E-state index contributed by atoms with van der Waals surface area (Å²) in [6, 6.07) is 33.3. The normalized spacial score (nSPS) is 12.7. The van der Waals surface area contributed by atoms with Crippen molar-refractivity contribution >= 4 is 39.7 Å². The Morgan fingerprint density at radius 1 is 0.722 bits per heavy atom. The van der Waals surface area contributed by atoms with Crippen LogP contribution in [-0.4, -0.2) is 4.57 Å². The van der Waals surface area contributed by atoms with Gasteiger partial charge in [-0.15, -0.1) is 0 Å². The van der Waals surface area contributed by atoms with Gasteiger partial charge in [0.05, 0.1) is 22.6 Å². The summed E-state index contributed by atoms with van der Waals surface area (Å²) in [5.41, 5.74) is 9.10. The summed E-state index contributed by atoms with van der Waals surface area (Å²) in [5.74, 6) is 0.672. The largest absolute Gasteiger partial charge is 0.316 e. The maximum atomic E-state index is 2.51. The first kappa shape index (κ1) is 23.0. The molecule has 180 valence electrons. The van der Waals surface area contributed by atoms with Gasteiger partial charge < -0.3 is 9.47 Å². The summed E-state index contributed by atoms with van der Waals surface area (Å²) in [6.07, 6.45) is 5.69. The van der Waals surface area contributed by atoms with Crippen molar-refractivity contribution in [2.45, 2.75) is 49.8 Å². The molecule has 1 aliphatic heterocycles. The Kier molecular flexibility index (Phi) is 6.10. The molecule has 0 spiro atoms. The van der Waals surface area contributed by atoms with Gasteiger partial charge in [0.2, 0.25) is 0 Å². The molecule has 0 amide bonds. The second kappa shape index (κ2) is 9.55. The van der Waals surface area contributed by atoms with Crippen molar-refractivity contribution < 1.29 is 0 Å². The Balaban J connectivity index is 1.62. The van der Waals surface area contributed by atoms with Gasteiger partial charge in [-0.2, -0.15) is 0 Å². The van der Waals surface area contributed by atoms with Crippen LogP contribution >= 0.6 is 11.8 Å². The van der Waals surface area contributed by atoms with Gasteiger partial charge in [0.15, 0.2) is 0 Å². The van der Waals surface area contributed by atoms with Gasteiger partial charge in [0.25, 0.3) is 0 Å². The molecule has 0 atom stereocenters. The van der Waals surface area contributed by atoms with E-state index in [9.17, 15) is 0 Å². The van der Waals surface area contributed by atoms with Crippen LogP contribution in [0.25, 0.3) is 16.6 Å². The number of fused-ring (bicyclic) bond motifs is 3. The van der Waals surface area contributed by atoms with Crippen LogP contribution in [0.4, 0.5) is 17.1 Å². The van der Waals surface area contributed by atoms with Crippen molar-refractivity contribution in [1.29, 1.82) is 0 Å². The zero-order valence-electron chi connectivity index (χ0n) is 21.2. The van der Waals surface area contributed by atoms with Crippen LogP contribution in [0.15, 0.2) is 107 Å². The van der Waals surface area contributed by atoms with E-state index in [2.05, 4.69) is 127 Å². The molecule has 0 fully saturated rings. The molecule has 0 bridgehead atoms. The van der Waals surface area contributed by atoms with Crippen LogP contribution in [-0.2, 0) is 6.42 Å². The van der Waals surface area contributed by atoms with Gasteiger partial charge in [-0.25, -0.2) is 0 Å². The third kappa shape index (κ3) is 3.92. The molecule has 36 heavy (non-hydrogen) atoms. The molecule has 4 aromatic carbocycles. The number of hydrogen-bond donors (Lipinski definition) is 0. The minimum atomic E-state index is 0.672. The lowest BCUT2D eigenvalue weighted by molar-refractivity contribution is 0.490. The highest BCUT2D eigenvalue weighted by Gasteiger charge is 2.27. The SMILES string of the molecule is CCC(CC)Cc1c(C)cc(-n2ccc3ccccc32)cc1N1c2ccccc2Sc2ccccc21. The van der Waals surface area contributed by atoms with Gasteiger partial charge in [-0.3, -0.25) is 0 Å². The number of rotatable bonds is 6. The zero-order chi connectivity index (χ0) is 24.6. The monoisotopic (exact) mass is 488 g/mol. The minimum absolute atomic E-state index is 0.672. The molecule has 1 aliphatic rings. The number of hydrogen-bond acceptors (Lipinski definition) is 2. The second-order valence-corrected chi connectivity index (χ2v) is 10.8. The predicted molar refractivity (Wildman–Crippen MR) is 155 cm³/mol. The minimum Gasteiger partial charge on any atom is -0.316 e. The summed E-state index contributed by atoms with van der Waals surface area (Å²) >= 11 is 1.87. The standard InChI is InChI=1S/C33H32N2S/c1-4-24(5-2)21-27-23(3)20-26(34-19-18-25-12-6-7-13-28(25)34)22-31(27)35-29-14-8-10-16-32(29)36-33-17-11-9-15-30(33)35/h6-20,22,24H,4-5,21H2,1-3H3. The molecule has 0 saturated carbocycles. The summed E-state index contributed by atoms with van der Waals surface area (Å²) in [6.45, 7) is 6.95. The molecule has 0 aliphatic carbocycles. The van der Waals surface area contributed by atoms with E-state index in [-0.39, 0.29) is 0 Å². The van der Waals surface area contributed by atoms with E-state index in [0.717, 1.165) is 6.42 Å². The lowest BCUT2D eigenvalue weighted by Crippen LogP contribution is -2.18. The van der Waals surface area contributed by atoms with E-state index in [1.54, 1.807) is 0 Å². The average molecular weight is 489 g/mol. The van der Waals surface area contributed by atoms with Crippen molar-refractivity contribution in [3.63, 3.8) is 0 Å². The molecule has 5 aromatic rings. The lowest BCUT2D eigenvalue weighted by atomic mass is 9.90. The quantitative estimate of drug-likeness (QED) is 0.230. The Bertz CT molecular complexity index is 1500. The molecular formula is C33H32N2S. The highest BCUT2D eigenvalue weighted by molar-refractivity contribution is 7.99. The Hall–Kier alpha value is -3.43. The third-order valence-electron chi connectivity index (χ3n) is 7.63. The molecule has 1 aromatic heterocycles. The maximum Gasteiger partial charge on any atom is 0.0601 e. The van der Waals surface area contributed by atoms with E-state index in [0.29, 0.717) is 5.92 Å². The molecule has 0 radical (unpaired) electrons. The number of anilines is 3. The van der Waals surface area contributed by atoms with E-state index in [1.807, 2.05) is 11.8 Å². The lowest BCUT2D eigenvalue weighted by Gasteiger charge is -2.35. The van der Waals surface area contributed by atoms with Gasteiger partial charge in [0.1, 0.15) is 0 Å². The van der Waals surface area contributed by atoms with Crippen molar-refractivity contribution in [2.75, 3.05) is 4.90 Å². The van der Waals surface area contributed by atoms with Crippen molar-refractivity contribution in [3.8, 4) is 5.69 Å². The molecule has 0 saturated heterocycles. The van der Waals surface area contributed by atoms with Crippen LogP contribution < -0.4 is 4.90 Å². The van der Waals surface area contributed by atoms with Gasteiger partial charge >= 0.3 is 0 Å². The summed E-state index contributed by atoms with van der Waals surface area (Å²) in [7, 11) is 0. The van der Waals surface area contributed by atoms with E-state index in [4.69, 9.17) is 0 Å². The van der Waals surface area contributed by atoms with Crippen molar-refractivity contribution in [3.05, 3.63) is 108 Å². The first-order valence-corrected chi connectivity index (χ1v) is 13.9. The van der Waals surface area contributed by atoms with Crippen molar-refractivity contribution in [2.24, 2.45) is 5.92 Å². The number of aryl methyl sites for hydroxylation is 1. The molecule has 3 heteroatoms. The predicted octanol–water partition coefficient (Wildman–Crippen LogP) is 9.85. The van der Waals surface area contributed by atoms with Crippen LogP contribution in [0.3, 0.4) is 0 Å². The number of nitrogens with zero attached hydrogens (tertiary/aromatic N) is 2. The first-order valence-electron chi connectivity index (χ1n) is 13.0. The Morgan fingerprint density at radius 2 is 1.36 bits per heavy atom. The fraction of sp³-hybridized carbons (Fsp3) is 0.212. The van der Waals surface area contributed by atoms with Crippen molar-refractivity contribution in [1.82, 2.24) is 4.57 Å². The van der Waals surface area contributed by atoms with Gasteiger partial charge in [0, 0.05) is 21.7 Å². The maximum absolute atomic E-state index is 2.51. The van der Waals surface area contributed by atoms with Crippen LogP contribution in [0.2, 0.25) is 0 Å².